The normalized spacial score (nSPS) is 14.6. The molecule has 4 rings (SSSR count). The molecule has 1 atom stereocenters. The van der Waals surface area contributed by atoms with Gasteiger partial charge in [0.15, 0.2) is 0 Å². The van der Waals surface area contributed by atoms with Crippen LogP contribution in [0.3, 0.4) is 0 Å². The van der Waals surface area contributed by atoms with Crippen LogP contribution in [0, 0.1) is 0 Å². The first-order valence-electron chi connectivity index (χ1n) is 9.96. The van der Waals surface area contributed by atoms with E-state index in [1.54, 1.807) is 18.2 Å². The van der Waals surface area contributed by atoms with Gasteiger partial charge < -0.3 is 15.8 Å². The van der Waals surface area contributed by atoms with E-state index < -0.39 is 6.09 Å². The summed E-state index contributed by atoms with van der Waals surface area (Å²) in [7, 11) is 0. The average Bonchev–Trinajstić information content (AvgIpc) is 3.12. The van der Waals surface area contributed by atoms with Crippen LogP contribution >= 0.6 is 11.6 Å². The highest BCUT2D eigenvalue weighted by Crippen LogP contribution is 2.31. The lowest BCUT2D eigenvalue weighted by atomic mass is 10.1. The number of nitrogens with two attached hydrogens (primary N) is 1. The van der Waals surface area contributed by atoms with Crippen molar-refractivity contribution in [1.29, 1.82) is 0 Å². The number of aryl methyl sites for hydroxylation is 1. The highest BCUT2D eigenvalue weighted by molar-refractivity contribution is 6.31. The Morgan fingerprint density at radius 2 is 1.81 bits per heavy atom. The molecule has 1 aliphatic rings. The van der Waals surface area contributed by atoms with E-state index in [-0.39, 0.29) is 18.6 Å². The van der Waals surface area contributed by atoms with Gasteiger partial charge in [-0.2, -0.15) is 0 Å². The largest absolute Gasteiger partial charge is 0.444 e. The van der Waals surface area contributed by atoms with Gasteiger partial charge in [-0.05, 0) is 59.9 Å². The Kier molecular flexibility index (Phi) is 6.21. The fourth-order valence-electron chi connectivity index (χ4n) is 3.60. The van der Waals surface area contributed by atoms with Crippen molar-refractivity contribution in [3.8, 4) is 0 Å². The molecule has 31 heavy (non-hydrogen) atoms. The number of ether oxygens (including phenoxy) is 1. The Morgan fingerprint density at radius 3 is 2.61 bits per heavy atom. The summed E-state index contributed by atoms with van der Waals surface area (Å²) in [5.41, 5.74) is 10.6. The van der Waals surface area contributed by atoms with E-state index in [0.717, 1.165) is 29.5 Å². The number of fused-ring (bicyclic) bond motifs is 1. The van der Waals surface area contributed by atoms with Gasteiger partial charge in [0.1, 0.15) is 6.61 Å². The summed E-state index contributed by atoms with van der Waals surface area (Å²) >= 11 is 6.16. The van der Waals surface area contributed by atoms with Crippen LogP contribution in [-0.4, -0.2) is 12.0 Å². The van der Waals surface area contributed by atoms with Gasteiger partial charge in [-0.3, -0.25) is 10.1 Å². The molecule has 0 aromatic heterocycles. The SMILES string of the molecule is N[C@H]1CCc2cc(NC(=O)c3cc(Cl)cc(NC(=O)OCc4ccccc4)c3)ccc21. The van der Waals surface area contributed by atoms with Crippen molar-refractivity contribution in [2.45, 2.75) is 25.5 Å². The van der Waals surface area contributed by atoms with Gasteiger partial charge in [0.2, 0.25) is 0 Å². The van der Waals surface area contributed by atoms with Crippen LogP contribution in [0.1, 0.15) is 39.5 Å². The van der Waals surface area contributed by atoms with Gasteiger partial charge in [-0.1, -0.05) is 48.0 Å². The highest BCUT2D eigenvalue weighted by Gasteiger charge is 2.19. The molecule has 1 aliphatic carbocycles. The average molecular weight is 436 g/mol. The molecule has 0 saturated heterocycles. The van der Waals surface area contributed by atoms with Crippen molar-refractivity contribution in [3.05, 3.63) is 94.0 Å². The fraction of sp³-hybridized carbons (Fsp3) is 0.167. The minimum absolute atomic E-state index is 0.0583. The lowest BCUT2D eigenvalue weighted by Gasteiger charge is -2.11. The summed E-state index contributed by atoms with van der Waals surface area (Å²) in [6, 6.07) is 19.8. The van der Waals surface area contributed by atoms with Gasteiger partial charge in [-0.15, -0.1) is 0 Å². The molecule has 0 radical (unpaired) electrons. The number of rotatable bonds is 5. The second kappa shape index (κ2) is 9.20. The lowest BCUT2D eigenvalue weighted by molar-refractivity contribution is 0.102. The Labute approximate surface area is 185 Å². The van der Waals surface area contributed by atoms with Crippen LogP contribution in [0.4, 0.5) is 16.2 Å². The third kappa shape index (κ3) is 5.23. The van der Waals surface area contributed by atoms with Crippen molar-refractivity contribution < 1.29 is 14.3 Å². The first-order chi connectivity index (χ1) is 15.0. The molecule has 0 heterocycles. The predicted molar refractivity (Wildman–Crippen MR) is 121 cm³/mol. The van der Waals surface area contributed by atoms with Crippen LogP contribution in [0.15, 0.2) is 66.7 Å². The number of nitrogens with one attached hydrogen (secondary N) is 2. The van der Waals surface area contributed by atoms with E-state index in [9.17, 15) is 9.59 Å². The maximum Gasteiger partial charge on any atom is 0.411 e. The molecule has 0 fully saturated rings. The maximum absolute atomic E-state index is 12.7. The minimum atomic E-state index is -0.632. The number of anilines is 2. The third-order valence-electron chi connectivity index (χ3n) is 5.14. The van der Waals surface area contributed by atoms with Crippen molar-refractivity contribution in [2.75, 3.05) is 10.6 Å². The molecule has 4 N–H and O–H groups in total. The number of hydrogen-bond donors (Lipinski definition) is 3. The zero-order valence-electron chi connectivity index (χ0n) is 16.7. The molecule has 0 unspecified atom stereocenters. The Morgan fingerprint density at radius 1 is 1.00 bits per heavy atom. The Bertz CT molecular complexity index is 1120. The van der Waals surface area contributed by atoms with E-state index in [1.165, 1.54) is 0 Å². The predicted octanol–water partition coefficient (Wildman–Crippen LogP) is 5.29. The second-order valence-electron chi connectivity index (χ2n) is 7.43. The van der Waals surface area contributed by atoms with E-state index in [0.29, 0.717) is 22.0 Å². The molecule has 2 amide bonds. The molecule has 0 bridgehead atoms. The zero-order valence-corrected chi connectivity index (χ0v) is 17.5. The topological polar surface area (TPSA) is 93.5 Å². The molecule has 158 valence electrons. The summed E-state index contributed by atoms with van der Waals surface area (Å²) in [5.74, 6) is -0.328. The maximum atomic E-state index is 12.7. The summed E-state index contributed by atoms with van der Waals surface area (Å²) in [5, 5.41) is 5.81. The number of amides is 2. The van der Waals surface area contributed by atoms with Crippen molar-refractivity contribution in [1.82, 2.24) is 0 Å². The van der Waals surface area contributed by atoms with Crippen LogP contribution in [0.25, 0.3) is 0 Å². The quantitative estimate of drug-likeness (QED) is 0.507. The second-order valence-corrected chi connectivity index (χ2v) is 7.86. The van der Waals surface area contributed by atoms with Crippen molar-refractivity contribution >= 4 is 35.0 Å². The minimum Gasteiger partial charge on any atom is -0.444 e. The molecule has 3 aromatic rings. The first kappa shape index (κ1) is 20.9. The Hall–Kier alpha value is -3.35. The number of benzene rings is 3. The van der Waals surface area contributed by atoms with Gasteiger partial charge in [-0.25, -0.2) is 4.79 Å². The Balaban J connectivity index is 1.41. The lowest BCUT2D eigenvalue weighted by Crippen LogP contribution is -2.16. The van der Waals surface area contributed by atoms with Crippen LogP contribution in [0.5, 0.6) is 0 Å². The number of carbonyl (C=O) groups excluding carboxylic acids is 2. The van der Waals surface area contributed by atoms with Crippen molar-refractivity contribution in [2.24, 2.45) is 5.73 Å². The number of carbonyl (C=O) groups is 2. The summed E-state index contributed by atoms with van der Waals surface area (Å²) in [6.07, 6.45) is 1.18. The van der Waals surface area contributed by atoms with Gasteiger partial charge in [0.05, 0.1) is 0 Å². The summed E-state index contributed by atoms with van der Waals surface area (Å²) in [4.78, 5) is 24.9. The smallest absolute Gasteiger partial charge is 0.411 e. The van der Waals surface area contributed by atoms with E-state index in [1.807, 2.05) is 48.5 Å². The van der Waals surface area contributed by atoms with Crippen molar-refractivity contribution in [3.63, 3.8) is 0 Å². The molecule has 0 aliphatic heterocycles. The molecular formula is C24H22ClN3O3. The van der Waals surface area contributed by atoms with Crippen LogP contribution < -0.4 is 16.4 Å². The van der Waals surface area contributed by atoms with E-state index in [2.05, 4.69) is 10.6 Å². The van der Waals surface area contributed by atoms with Crippen LogP contribution in [0.2, 0.25) is 5.02 Å². The van der Waals surface area contributed by atoms with Gasteiger partial charge in [0.25, 0.3) is 5.91 Å². The molecule has 0 spiro atoms. The monoisotopic (exact) mass is 435 g/mol. The zero-order chi connectivity index (χ0) is 21.8. The fourth-order valence-corrected chi connectivity index (χ4v) is 3.84. The standard InChI is InChI=1S/C24H22ClN3O3/c25-18-10-17(23(29)27-19-7-8-21-16(11-19)6-9-22(21)26)12-20(13-18)28-24(30)31-14-15-4-2-1-3-5-15/h1-5,7-8,10-13,22H,6,9,14,26H2,(H,27,29)(H,28,30)/t22-/m0/s1. The third-order valence-corrected chi connectivity index (χ3v) is 5.36. The number of hydrogen-bond acceptors (Lipinski definition) is 4. The van der Waals surface area contributed by atoms with E-state index in [4.69, 9.17) is 22.1 Å². The molecular weight excluding hydrogens is 414 g/mol. The van der Waals surface area contributed by atoms with E-state index >= 15 is 0 Å². The molecule has 6 nitrogen and oxygen atoms in total. The number of halogens is 1. The summed E-state index contributed by atoms with van der Waals surface area (Å²) in [6.45, 7) is 0.141. The molecule has 0 saturated carbocycles. The first-order valence-corrected chi connectivity index (χ1v) is 10.3. The summed E-state index contributed by atoms with van der Waals surface area (Å²) < 4.78 is 5.22. The van der Waals surface area contributed by atoms with Gasteiger partial charge in [0, 0.05) is 28.0 Å². The highest BCUT2D eigenvalue weighted by atomic mass is 35.5. The van der Waals surface area contributed by atoms with Gasteiger partial charge >= 0.3 is 6.09 Å². The molecule has 3 aromatic carbocycles. The van der Waals surface area contributed by atoms with Crippen LogP contribution in [-0.2, 0) is 17.8 Å². The molecule has 7 heteroatoms.